The highest BCUT2D eigenvalue weighted by Crippen LogP contribution is 2.29. The molecule has 0 radical (unpaired) electrons. The van der Waals surface area contributed by atoms with E-state index in [2.05, 4.69) is 29.3 Å². The van der Waals surface area contributed by atoms with Gasteiger partial charge in [0.15, 0.2) is 0 Å². The molecule has 88 valence electrons. The molecule has 1 unspecified atom stereocenters. The van der Waals surface area contributed by atoms with Gasteiger partial charge >= 0.3 is 0 Å². The summed E-state index contributed by atoms with van der Waals surface area (Å²) in [6.07, 6.45) is 2.49. The first kappa shape index (κ1) is 11.7. The third kappa shape index (κ3) is 2.50. The summed E-state index contributed by atoms with van der Waals surface area (Å²) in [7, 11) is 2.03. The van der Waals surface area contributed by atoms with Gasteiger partial charge in [0.25, 0.3) is 0 Å². The van der Waals surface area contributed by atoms with E-state index >= 15 is 0 Å². The van der Waals surface area contributed by atoms with E-state index < -0.39 is 0 Å². The van der Waals surface area contributed by atoms with E-state index in [-0.39, 0.29) is 0 Å². The average Bonchev–Trinajstić information content (AvgIpc) is 2.32. The highest BCUT2D eigenvalue weighted by molar-refractivity contribution is 6.33. The minimum atomic E-state index is 0.588. The van der Waals surface area contributed by atoms with E-state index in [1.54, 1.807) is 0 Å². The Morgan fingerprint density at radius 3 is 3.00 bits per heavy atom. The fourth-order valence-electron chi connectivity index (χ4n) is 2.30. The van der Waals surface area contributed by atoms with E-state index in [1.165, 1.54) is 24.1 Å². The second-order valence-electron chi connectivity index (χ2n) is 4.53. The average molecular weight is 239 g/mol. The molecule has 16 heavy (non-hydrogen) atoms. The van der Waals surface area contributed by atoms with Crippen molar-refractivity contribution >= 4 is 17.3 Å². The molecule has 1 aliphatic heterocycles. The Bertz CT molecular complexity index is 365. The van der Waals surface area contributed by atoms with Crippen LogP contribution in [0.5, 0.6) is 0 Å². The second-order valence-corrected chi connectivity index (χ2v) is 4.94. The summed E-state index contributed by atoms with van der Waals surface area (Å²) in [6, 6.07) is 6.83. The molecule has 3 heteroatoms. The van der Waals surface area contributed by atoms with Crippen molar-refractivity contribution in [3.05, 3.63) is 28.8 Å². The van der Waals surface area contributed by atoms with Gasteiger partial charge in [0, 0.05) is 19.1 Å². The molecule has 1 N–H and O–H groups in total. The standard InChI is InChI=1S/C13H19ClN2/c1-10-5-6-12(14)13(8-10)16-7-3-4-11(9-16)15-2/h5-6,8,11,15H,3-4,7,9H2,1-2H3. The Morgan fingerprint density at radius 1 is 1.44 bits per heavy atom. The van der Waals surface area contributed by atoms with Crippen LogP contribution < -0.4 is 10.2 Å². The number of aryl methyl sites for hydroxylation is 1. The maximum Gasteiger partial charge on any atom is 0.0639 e. The molecule has 1 aromatic carbocycles. The molecule has 0 bridgehead atoms. The number of likely N-dealkylation sites (N-methyl/N-ethyl adjacent to an activating group) is 1. The number of piperidine rings is 1. The second kappa shape index (κ2) is 5.07. The van der Waals surface area contributed by atoms with Gasteiger partial charge in [-0.1, -0.05) is 17.7 Å². The van der Waals surface area contributed by atoms with Crippen LogP contribution in [0.15, 0.2) is 18.2 Å². The molecular formula is C13H19ClN2. The largest absolute Gasteiger partial charge is 0.369 e. The van der Waals surface area contributed by atoms with Gasteiger partial charge in [0.1, 0.15) is 0 Å². The summed E-state index contributed by atoms with van der Waals surface area (Å²) >= 11 is 6.26. The fraction of sp³-hybridized carbons (Fsp3) is 0.538. The minimum absolute atomic E-state index is 0.588. The molecule has 0 aromatic heterocycles. The molecule has 1 atom stereocenters. The van der Waals surface area contributed by atoms with Crippen LogP contribution in [0.4, 0.5) is 5.69 Å². The van der Waals surface area contributed by atoms with Crippen LogP contribution in [0.2, 0.25) is 5.02 Å². The van der Waals surface area contributed by atoms with Gasteiger partial charge in [0.2, 0.25) is 0 Å². The highest BCUT2D eigenvalue weighted by Gasteiger charge is 2.20. The van der Waals surface area contributed by atoms with Crippen LogP contribution in [0.3, 0.4) is 0 Å². The summed E-state index contributed by atoms with van der Waals surface area (Å²) in [5.41, 5.74) is 2.45. The first-order valence-corrected chi connectivity index (χ1v) is 6.27. The van der Waals surface area contributed by atoms with Crippen molar-refractivity contribution < 1.29 is 0 Å². The Morgan fingerprint density at radius 2 is 2.25 bits per heavy atom. The van der Waals surface area contributed by atoms with Crippen molar-refractivity contribution in [1.82, 2.24) is 5.32 Å². The lowest BCUT2D eigenvalue weighted by Crippen LogP contribution is -2.44. The summed E-state index contributed by atoms with van der Waals surface area (Å²) in [6.45, 7) is 4.28. The molecular weight excluding hydrogens is 220 g/mol. The first-order chi connectivity index (χ1) is 7.70. The van der Waals surface area contributed by atoms with Gasteiger partial charge in [-0.2, -0.15) is 0 Å². The number of nitrogens with one attached hydrogen (secondary N) is 1. The number of benzene rings is 1. The molecule has 2 nitrogen and oxygen atoms in total. The van der Waals surface area contributed by atoms with Crippen molar-refractivity contribution in [2.45, 2.75) is 25.8 Å². The number of nitrogens with zero attached hydrogens (tertiary/aromatic N) is 1. The third-order valence-electron chi connectivity index (χ3n) is 3.27. The van der Waals surface area contributed by atoms with Crippen LogP contribution in [0.25, 0.3) is 0 Å². The van der Waals surface area contributed by atoms with Gasteiger partial charge < -0.3 is 10.2 Å². The zero-order chi connectivity index (χ0) is 11.5. The van der Waals surface area contributed by atoms with Crippen molar-refractivity contribution in [2.24, 2.45) is 0 Å². The topological polar surface area (TPSA) is 15.3 Å². The van der Waals surface area contributed by atoms with Gasteiger partial charge in [-0.05, 0) is 44.5 Å². The van der Waals surface area contributed by atoms with Gasteiger partial charge in [-0.15, -0.1) is 0 Å². The summed E-state index contributed by atoms with van der Waals surface area (Å²) < 4.78 is 0. The number of hydrogen-bond donors (Lipinski definition) is 1. The Hall–Kier alpha value is -0.730. The van der Waals surface area contributed by atoms with E-state index in [0.717, 1.165) is 18.1 Å². The Kier molecular flexibility index (Phi) is 3.72. The van der Waals surface area contributed by atoms with E-state index in [4.69, 9.17) is 11.6 Å². The SMILES string of the molecule is CNC1CCCN(c2cc(C)ccc2Cl)C1. The zero-order valence-electron chi connectivity index (χ0n) is 9.96. The molecule has 2 rings (SSSR count). The van der Waals surface area contributed by atoms with Gasteiger partial charge in [0.05, 0.1) is 10.7 Å². The summed E-state index contributed by atoms with van der Waals surface area (Å²) in [4.78, 5) is 2.39. The summed E-state index contributed by atoms with van der Waals surface area (Å²) in [5, 5.41) is 4.22. The van der Waals surface area contributed by atoms with Crippen molar-refractivity contribution in [3.8, 4) is 0 Å². The maximum atomic E-state index is 6.26. The van der Waals surface area contributed by atoms with E-state index in [1.807, 2.05) is 13.1 Å². The van der Waals surface area contributed by atoms with Crippen LogP contribution in [0, 0.1) is 6.92 Å². The number of anilines is 1. The molecule has 0 spiro atoms. The Labute approximate surface area is 103 Å². The van der Waals surface area contributed by atoms with Crippen LogP contribution in [-0.4, -0.2) is 26.2 Å². The first-order valence-electron chi connectivity index (χ1n) is 5.89. The van der Waals surface area contributed by atoms with Crippen LogP contribution in [-0.2, 0) is 0 Å². The summed E-state index contributed by atoms with van der Waals surface area (Å²) in [5.74, 6) is 0. The van der Waals surface area contributed by atoms with Crippen LogP contribution >= 0.6 is 11.6 Å². The van der Waals surface area contributed by atoms with E-state index in [9.17, 15) is 0 Å². The van der Waals surface area contributed by atoms with Crippen molar-refractivity contribution in [1.29, 1.82) is 0 Å². The van der Waals surface area contributed by atoms with Crippen molar-refractivity contribution in [3.63, 3.8) is 0 Å². The lowest BCUT2D eigenvalue weighted by atomic mass is 10.0. The van der Waals surface area contributed by atoms with Crippen molar-refractivity contribution in [2.75, 3.05) is 25.0 Å². The molecule has 1 heterocycles. The molecule has 1 saturated heterocycles. The van der Waals surface area contributed by atoms with E-state index in [0.29, 0.717) is 6.04 Å². The molecule has 0 saturated carbocycles. The zero-order valence-corrected chi connectivity index (χ0v) is 10.7. The van der Waals surface area contributed by atoms with Gasteiger partial charge in [-0.3, -0.25) is 0 Å². The number of hydrogen-bond acceptors (Lipinski definition) is 2. The highest BCUT2D eigenvalue weighted by atomic mass is 35.5. The predicted octanol–water partition coefficient (Wildman–Crippen LogP) is 2.84. The molecule has 0 amide bonds. The smallest absolute Gasteiger partial charge is 0.0639 e. The lowest BCUT2D eigenvalue weighted by Gasteiger charge is -2.34. The Balaban J connectivity index is 2.19. The normalized spacial score (nSPS) is 21.2. The monoisotopic (exact) mass is 238 g/mol. The predicted molar refractivity (Wildman–Crippen MR) is 70.5 cm³/mol. The maximum absolute atomic E-state index is 6.26. The molecule has 1 aliphatic rings. The third-order valence-corrected chi connectivity index (χ3v) is 3.59. The van der Waals surface area contributed by atoms with Crippen LogP contribution in [0.1, 0.15) is 18.4 Å². The molecule has 1 fully saturated rings. The minimum Gasteiger partial charge on any atom is -0.369 e. The molecule has 0 aliphatic carbocycles. The van der Waals surface area contributed by atoms with Gasteiger partial charge in [-0.25, -0.2) is 0 Å². The quantitative estimate of drug-likeness (QED) is 0.853. The molecule has 1 aromatic rings. The fourth-order valence-corrected chi connectivity index (χ4v) is 2.53. The number of rotatable bonds is 2. The number of halogens is 1. The lowest BCUT2D eigenvalue weighted by molar-refractivity contribution is 0.449.